The first-order chi connectivity index (χ1) is 12.8. The monoisotopic (exact) mass is 409 g/mol. The first kappa shape index (κ1) is 20.9. The fraction of sp³-hybridized carbons (Fsp3) is 0.222. The third-order valence-electron chi connectivity index (χ3n) is 3.50. The number of ether oxygens (including phenoxy) is 1. The number of sulfonamides is 1. The van der Waals surface area contributed by atoms with Crippen molar-refractivity contribution in [2.45, 2.75) is 11.8 Å². The predicted octanol–water partition coefficient (Wildman–Crippen LogP) is 2.51. The molecule has 0 spiro atoms. The van der Waals surface area contributed by atoms with Gasteiger partial charge in [-0.25, -0.2) is 13.8 Å². The molecule has 0 radical (unpaired) electrons. The number of hydrazone groups is 1. The van der Waals surface area contributed by atoms with E-state index in [1.807, 2.05) is 19.1 Å². The molecule has 0 heterocycles. The van der Waals surface area contributed by atoms with E-state index in [9.17, 15) is 13.2 Å². The van der Waals surface area contributed by atoms with Gasteiger partial charge in [0.1, 0.15) is 5.75 Å². The number of hydrogen-bond donors (Lipinski definition) is 1. The molecule has 0 bridgehead atoms. The maximum absolute atomic E-state index is 12.4. The van der Waals surface area contributed by atoms with Crippen LogP contribution in [0.2, 0.25) is 5.02 Å². The van der Waals surface area contributed by atoms with Crippen LogP contribution in [-0.2, 0) is 14.8 Å². The summed E-state index contributed by atoms with van der Waals surface area (Å²) in [6, 6.07) is 12.9. The summed E-state index contributed by atoms with van der Waals surface area (Å²) in [7, 11) is -2.48. The largest absolute Gasteiger partial charge is 0.493 e. The van der Waals surface area contributed by atoms with Gasteiger partial charge in [0.25, 0.3) is 5.91 Å². The number of nitrogens with zero attached hydrogens (tertiary/aromatic N) is 2. The van der Waals surface area contributed by atoms with Gasteiger partial charge in [0.15, 0.2) is 0 Å². The summed E-state index contributed by atoms with van der Waals surface area (Å²) in [5, 5.41) is 4.29. The number of likely N-dealkylation sites (N-methyl/N-ethyl adjacent to an activating group) is 1. The van der Waals surface area contributed by atoms with Crippen molar-refractivity contribution in [3.8, 4) is 5.75 Å². The van der Waals surface area contributed by atoms with Crippen LogP contribution >= 0.6 is 11.6 Å². The molecule has 0 saturated carbocycles. The maximum atomic E-state index is 12.4. The smallest absolute Gasteiger partial charge is 0.255 e. The second-order valence-corrected chi connectivity index (χ2v) is 7.96. The van der Waals surface area contributed by atoms with Crippen molar-refractivity contribution in [3.05, 3.63) is 59.1 Å². The summed E-state index contributed by atoms with van der Waals surface area (Å²) in [5.41, 5.74) is 3.01. The van der Waals surface area contributed by atoms with Crippen LogP contribution in [0.4, 0.5) is 0 Å². The summed E-state index contributed by atoms with van der Waals surface area (Å²) < 4.78 is 31.3. The van der Waals surface area contributed by atoms with E-state index < -0.39 is 15.9 Å². The van der Waals surface area contributed by atoms with E-state index in [4.69, 9.17) is 16.3 Å². The van der Waals surface area contributed by atoms with Crippen LogP contribution in [-0.4, -0.2) is 45.0 Å². The van der Waals surface area contributed by atoms with E-state index in [0.29, 0.717) is 22.9 Å². The highest BCUT2D eigenvalue weighted by atomic mass is 35.5. The fourth-order valence-corrected chi connectivity index (χ4v) is 3.41. The van der Waals surface area contributed by atoms with Crippen LogP contribution in [0.15, 0.2) is 58.5 Å². The standard InChI is InChI=1S/C18H20ClN3O4S/c1-3-26-17-7-5-4-6-14(17)12-20-21-18(23)13-22(2)27(24,25)16-10-8-15(19)9-11-16/h4-12H,3,13H2,1-2H3,(H,21,23)/b20-12-. The zero-order valence-corrected chi connectivity index (χ0v) is 16.5. The molecule has 2 aromatic carbocycles. The first-order valence-electron chi connectivity index (χ1n) is 8.10. The van der Waals surface area contributed by atoms with E-state index >= 15 is 0 Å². The summed E-state index contributed by atoms with van der Waals surface area (Å²) >= 11 is 5.77. The number of benzene rings is 2. The van der Waals surface area contributed by atoms with Crippen LogP contribution in [0.3, 0.4) is 0 Å². The molecule has 0 aliphatic rings. The third-order valence-corrected chi connectivity index (χ3v) is 5.57. The molecular formula is C18H20ClN3O4S. The van der Waals surface area contributed by atoms with E-state index in [1.54, 1.807) is 12.1 Å². The molecule has 0 saturated heterocycles. The Morgan fingerprint density at radius 2 is 1.89 bits per heavy atom. The van der Waals surface area contributed by atoms with Crippen LogP contribution in [0, 0.1) is 0 Å². The molecule has 1 N–H and O–H groups in total. The Morgan fingerprint density at radius 3 is 2.56 bits per heavy atom. The summed E-state index contributed by atoms with van der Waals surface area (Å²) in [4.78, 5) is 12.1. The predicted molar refractivity (Wildman–Crippen MR) is 105 cm³/mol. The molecule has 27 heavy (non-hydrogen) atoms. The Balaban J connectivity index is 1.98. The zero-order chi connectivity index (χ0) is 19.9. The van der Waals surface area contributed by atoms with Crippen molar-refractivity contribution in [1.82, 2.24) is 9.73 Å². The Kier molecular flexibility index (Phi) is 7.35. The van der Waals surface area contributed by atoms with E-state index in [2.05, 4.69) is 10.5 Å². The Hall–Kier alpha value is -2.42. The van der Waals surface area contributed by atoms with Gasteiger partial charge in [-0.1, -0.05) is 23.7 Å². The second-order valence-electron chi connectivity index (χ2n) is 5.48. The van der Waals surface area contributed by atoms with Gasteiger partial charge in [-0.15, -0.1) is 0 Å². The third kappa shape index (κ3) is 5.78. The SMILES string of the molecule is CCOc1ccccc1/C=N\NC(=O)CN(C)S(=O)(=O)c1ccc(Cl)cc1. The number of amides is 1. The Labute approximate surface area is 163 Å². The average Bonchev–Trinajstić information content (AvgIpc) is 2.63. The lowest BCUT2D eigenvalue weighted by molar-refractivity contribution is -0.121. The second kappa shape index (κ2) is 9.50. The lowest BCUT2D eigenvalue weighted by atomic mass is 10.2. The minimum Gasteiger partial charge on any atom is -0.493 e. The van der Waals surface area contributed by atoms with Crippen molar-refractivity contribution in [3.63, 3.8) is 0 Å². The minimum absolute atomic E-state index is 0.0522. The van der Waals surface area contributed by atoms with E-state index in [1.165, 1.54) is 37.5 Å². The van der Waals surface area contributed by atoms with Gasteiger partial charge in [-0.3, -0.25) is 4.79 Å². The summed E-state index contributed by atoms with van der Waals surface area (Å²) in [6.45, 7) is 1.99. The number of carbonyl (C=O) groups excluding carboxylic acids is 1. The van der Waals surface area contributed by atoms with Gasteiger partial charge in [0.05, 0.1) is 24.3 Å². The van der Waals surface area contributed by atoms with Crippen molar-refractivity contribution < 1.29 is 17.9 Å². The molecular weight excluding hydrogens is 390 g/mol. The molecule has 1 amide bonds. The molecule has 7 nitrogen and oxygen atoms in total. The first-order valence-corrected chi connectivity index (χ1v) is 9.92. The van der Waals surface area contributed by atoms with Crippen molar-refractivity contribution in [2.75, 3.05) is 20.2 Å². The molecule has 2 rings (SSSR count). The number of carbonyl (C=O) groups is 1. The lowest BCUT2D eigenvalue weighted by Crippen LogP contribution is -2.36. The lowest BCUT2D eigenvalue weighted by Gasteiger charge is -2.16. The van der Waals surface area contributed by atoms with Gasteiger partial charge in [0.2, 0.25) is 10.0 Å². The molecule has 0 aromatic heterocycles. The number of rotatable bonds is 8. The Morgan fingerprint density at radius 1 is 1.22 bits per heavy atom. The molecule has 144 valence electrons. The van der Waals surface area contributed by atoms with Gasteiger partial charge in [0, 0.05) is 17.6 Å². The van der Waals surface area contributed by atoms with Crippen LogP contribution in [0.25, 0.3) is 0 Å². The molecule has 9 heteroatoms. The fourth-order valence-electron chi connectivity index (χ4n) is 2.16. The maximum Gasteiger partial charge on any atom is 0.255 e. The van der Waals surface area contributed by atoms with Crippen molar-refractivity contribution in [1.29, 1.82) is 0 Å². The summed E-state index contributed by atoms with van der Waals surface area (Å²) in [6.07, 6.45) is 1.44. The van der Waals surface area contributed by atoms with Crippen molar-refractivity contribution >= 4 is 33.7 Å². The number of nitrogens with one attached hydrogen (secondary N) is 1. The highest BCUT2D eigenvalue weighted by Crippen LogP contribution is 2.17. The average molecular weight is 410 g/mol. The number of hydrogen-bond acceptors (Lipinski definition) is 5. The topological polar surface area (TPSA) is 88.1 Å². The normalized spacial score (nSPS) is 11.7. The molecule has 0 unspecified atom stereocenters. The molecule has 0 fully saturated rings. The van der Waals surface area contributed by atoms with E-state index in [0.717, 1.165) is 4.31 Å². The van der Waals surface area contributed by atoms with Gasteiger partial charge in [-0.2, -0.15) is 9.41 Å². The quantitative estimate of drug-likeness (QED) is 0.536. The number of halogens is 1. The number of para-hydroxylation sites is 1. The van der Waals surface area contributed by atoms with Gasteiger partial charge >= 0.3 is 0 Å². The molecule has 0 aliphatic heterocycles. The van der Waals surface area contributed by atoms with Crippen LogP contribution < -0.4 is 10.2 Å². The van der Waals surface area contributed by atoms with Crippen LogP contribution in [0.5, 0.6) is 5.75 Å². The molecule has 0 aliphatic carbocycles. The highest BCUT2D eigenvalue weighted by Gasteiger charge is 2.22. The highest BCUT2D eigenvalue weighted by molar-refractivity contribution is 7.89. The van der Waals surface area contributed by atoms with Gasteiger partial charge in [-0.05, 0) is 43.3 Å². The van der Waals surface area contributed by atoms with Gasteiger partial charge < -0.3 is 4.74 Å². The van der Waals surface area contributed by atoms with Crippen LogP contribution in [0.1, 0.15) is 12.5 Å². The molecule has 2 aromatic rings. The Bertz CT molecular complexity index is 914. The van der Waals surface area contributed by atoms with E-state index in [-0.39, 0.29) is 11.4 Å². The minimum atomic E-state index is -3.80. The zero-order valence-electron chi connectivity index (χ0n) is 14.9. The van der Waals surface area contributed by atoms with Crippen molar-refractivity contribution in [2.24, 2.45) is 5.10 Å². The molecule has 0 atom stereocenters. The summed E-state index contributed by atoms with van der Waals surface area (Å²) in [5.74, 6) is 0.0700.